The van der Waals surface area contributed by atoms with Gasteiger partial charge < -0.3 is 10.6 Å². The van der Waals surface area contributed by atoms with Gasteiger partial charge in [0.1, 0.15) is 5.82 Å². The highest BCUT2D eigenvalue weighted by Gasteiger charge is 2.10. The van der Waals surface area contributed by atoms with Crippen molar-refractivity contribution < 1.29 is 0 Å². The maximum Gasteiger partial charge on any atom is 0.230 e. The zero-order valence-electron chi connectivity index (χ0n) is 11.1. The Kier molecular flexibility index (Phi) is 5.66. The van der Waals surface area contributed by atoms with Crippen LogP contribution in [0.15, 0.2) is 0 Å². The molecule has 2 N–H and O–H groups in total. The molecule has 96 valence electrons. The van der Waals surface area contributed by atoms with E-state index >= 15 is 0 Å². The average Bonchev–Trinajstić information content (AvgIpc) is 2.28. The predicted octanol–water partition coefficient (Wildman–Crippen LogP) is 2.17. The van der Waals surface area contributed by atoms with Crippen molar-refractivity contribution in [3.05, 3.63) is 5.82 Å². The average molecular weight is 237 g/mol. The van der Waals surface area contributed by atoms with E-state index in [1.165, 1.54) is 12.8 Å². The lowest BCUT2D eigenvalue weighted by atomic mass is 10.3. The van der Waals surface area contributed by atoms with Crippen molar-refractivity contribution in [2.45, 2.75) is 46.5 Å². The Morgan fingerprint density at radius 2 is 1.59 bits per heavy atom. The summed E-state index contributed by atoms with van der Waals surface area (Å²) in [5.74, 6) is 1.72. The summed E-state index contributed by atoms with van der Waals surface area (Å²) >= 11 is 0. The van der Waals surface area contributed by atoms with Crippen LogP contribution in [0.2, 0.25) is 0 Å². The third-order valence-corrected chi connectivity index (χ3v) is 2.60. The van der Waals surface area contributed by atoms with Crippen LogP contribution in [0.3, 0.4) is 0 Å². The number of nitrogen functional groups attached to an aromatic ring is 1. The van der Waals surface area contributed by atoms with E-state index in [0.29, 0.717) is 11.8 Å². The van der Waals surface area contributed by atoms with Crippen LogP contribution in [-0.4, -0.2) is 28.0 Å². The van der Waals surface area contributed by atoms with Crippen molar-refractivity contribution in [1.82, 2.24) is 15.0 Å². The Labute approximate surface area is 103 Å². The standard InChI is InChI=1S/C12H23N5/c1-4-6-8-17(9-7-5-2)12-15-10(3)14-11(13)16-12/h4-9H2,1-3H3,(H2,13,14,15,16). The number of hydrogen-bond acceptors (Lipinski definition) is 5. The molecule has 0 amide bonds. The number of rotatable bonds is 7. The first-order valence-electron chi connectivity index (χ1n) is 6.40. The summed E-state index contributed by atoms with van der Waals surface area (Å²) in [5, 5.41) is 0. The first-order chi connectivity index (χ1) is 8.17. The van der Waals surface area contributed by atoms with Crippen molar-refractivity contribution >= 4 is 11.9 Å². The van der Waals surface area contributed by atoms with Crippen LogP contribution in [0.4, 0.5) is 11.9 Å². The maximum absolute atomic E-state index is 5.67. The SMILES string of the molecule is CCCCN(CCCC)c1nc(C)nc(N)n1. The van der Waals surface area contributed by atoms with E-state index in [1.54, 1.807) is 0 Å². The van der Waals surface area contributed by atoms with E-state index in [4.69, 9.17) is 5.73 Å². The number of aryl methyl sites for hydroxylation is 1. The molecule has 0 atom stereocenters. The zero-order chi connectivity index (χ0) is 12.7. The highest BCUT2D eigenvalue weighted by molar-refractivity contribution is 5.34. The predicted molar refractivity (Wildman–Crippen MR) is 71.0 cm³/mol. The second kappa shape index (κ2) is 7.04. The molecule has 1 aromatic rings. The summed E-state index contributed by atoms with van der Waals surface area (Å²) in [7, 11) is 0. The van der Waals surface area contributed by atoms with Gasteiger partial charge in [-0.3, -0.25) is 0 Å². The van der Waals surface area contributed by atoms with Gasteiger partial charge in [-0.2, -0.15) is 15.0 Å². The molecule has 0 aliphatic carbocycles. The van der Waals surface area contributed by atoms with Crippen LogP contribution in [0, 0.1) is 6.92 Å². The van der Waals surface area contributed by atoms with E-state index in [9.17, 15) is 0 Å². The van der Waals surface area contributed by atoms with E-state index in [1.807, 2.05) is 6.92 Å². The molecule has 0 aliphatic heterocycles. The lowest BCUT2D eigenvalue weighted by Crippen LogP contribution is -2.28. The second-order valence-electron chi connectivity index (χ2n) is 4.23. The van der Waals surface area contributed by atoms with Gasteiger partial charge in [-0.1, -0.05) is 26.7 Å². The molecule has 0 bridgehead atoms. The molecule has 0 unspecified atom stereocenters. The quantitative estimate of drug-likeness (QED) is 0.787. The van der Waals surface area contributed by atoms with Gasteiger partial charge in [-0.15, -0.1) is 0 Å². The Hall–Kier alpha value is -1.39. The highest BCUT2D eigenvalue weighted by Crippen LogP contribution is 2.11. The molecular formula is C12H23N5. The highest BCUT2D eigenvalue weighted by atomic mass is 15.3. The first kappa shape index (κ1) is 13.7. The topological polar surface area (TPSA) is 67.9 Å². The van der Waals surface area contributed by atoms with Crippen LogP contribution in [-0.2, 0) is 0 Å². The monoisotopic (exact) mass is 237 g/mol. The summed E-state index contributed by atoms with van der Waals surface area (Å²) in [6.07, 6.45) is 4.63. The van der Waals surface area contributed by atoms with Crippen LogP contribution in [0.1, 0.15) is 45.4 Å². The lowest BCUT2D eigenvalue weighted by Gasteiger charge is -2.22. The van der Waals surface area contributed by atoms with Crippen molar-refractivity contribution in [3.63, 3.8) is 0 Å². The summed E-state index contributed by atoms with van der Waals surface area (Å²) in [6, 6.07) is 0. The fraction of sp³-hybridized carbons (Fsp3) is 0.750. The summed E-state index contributed by atoms with van der Waals surface area (Å²) in [6.45, 7) is 8.19. The van der Waals surface area contributed by atoms with Crippen molar-refractivity contribution in [2.24, 2.45) is 0 Å². The number of anilines is 2. The van der Waals surface area contributed by atoms with E-state index < -0.39 is 0 Å². The molecular weight excluding hydrogens is 214 g/mol. The van der Waals surface area contributed by atoms with Gasteiger partial charge in [0.2, 0.25) is 11.9 Å². The molecule has 0 saturated carbocycles. The van der Waals surface area contributed by atoms with Crippen LogP contribution in [0.5, 0.6) is 0 Å². The molecule has 0 aliphatic rings. The van der Waals surface area contributed by atoms with Gasteiger partial charge in [0, 0.05) is 13.1 Å². The second-order valence-corrected chi connectivity index (χ2v) is 4.23. The third kappa shape index (κ3) is 4.54. The van der Waals surface area contributed by atoms with Gasteiger partial charge in [0.05, 0.1) is 0 Å². The normalized spacial score (nSPS) is 10.5. The largest absolute Gasteiger partial charge is 0.368 e. The molecule has 1 heterocycles. The van der Waals surface area contributed by atoms with Gasteiger partial charge in [0.25, 0.3) is 0 Å². The fourth-order valence-electron chi connectivity index (χ4n) is 1.64. The summed E-state index contributed by atoms with van der Waals surface area (Å²) < 4.78 is 0. The summed E-state index contributed by atoms with van der Waals surface area (Å²) in [4.78, 5) is 14.8. The summed E-state index contributed by atoms with van der Waals surface area (Å²) in [5.41, 5.74) is 5.67. The molecule has 1 rings (SSSR count). The number of aromatic nitrogens is 3. The zero-order valence-corrected chi connectivity index (χ0v) is 11.1. The minimum Gasteiger partial charge on any atom is -0.368 e. The van der Waals surface area contributed by atoms with Crippen LogP contribution < -0.4 is 10.6 Å². The van der Waals surface area contributed by atoms with Crippen LogP contribution in [0.25, 0.3) is 0 Å². The number of hydrogen-bond donors (Lipinski definition) is 1. The number of nitrogens with zero attached hydrogens (tertiary/aromatic N) is 4. The smallest absolute Gasteiger partial charge is 0.230 e. The number of unbranched alkanes of at least 4 members (excludes halogenated alkanes) is 2. The third-order valence-electron chi connectivity index (χ3n) is 2.60. The molecule has 0 spiro atoms. The van der Waals surface area contributed by atoms with Gasteiger partial charge in [0.15, 0.2) is 0 Å². The molecule has 0 saturated heterocycles. The molecule has 5 heteroatoms. The van der Waals surface area contributed by atoms with Crippen LogP contribution >= 0.6 is 0 Å². The number of nitrogens with two attached hydrogens (primary N) is 1. The molecule has 0 radical (unpaired) electrons. The molecule has 17 heavy (non-hydrogen) atoms. The molecule has 5 nitrogen and oxygen atoms in total. The molecule has 0 fully saturated rings. The van der Waals surface area contributed by atoms with Crippen molar-refractivity contribution in [2.75, 3.05) is 23.7 Å². The maximum atomic E-state index is 5.67. The Bertz CT molecular complexity index is 311. The lowest BCUT2D eigenvalue weighted by molar-refractivity contribution is 0.660. The van der Waals surface area contributed by atoms with Gasteiger partial charge in [-0.25, -0.2) is 0 Å². The molecule has 0 aromatic carbocycles. The van der Waals surface area contributed by atoms with Gasteiger partial charge in [-0.05, 0) is 19.8 Å². The van der Waals surface area contributed by atoms with E-state index in [2.05, 4.69) is 33.7 Å². The minimum atomic E-state index is 0.311. The Morgan fingerprint density at radius 3 is 2.06 bits per heavy atom. The van der Waals surface area contributed by atoms with Crippen molar-refractivity contribution in [3.8, 4) is 0 Å². The fourth-order valence-corrected chi connectivity index (χ4v) is 1.64. The molecule has 1 aromatic heterocycles. The van der Waals surface area contributed by atoms with Gasteiger partial charge >= 0.3 is 0 Å². The minimum absolute atomic E-state index is 0.311. The van der Waals surface area contributed by atoms with E-state index in [-0.39, 0.29) is 0 Å². The van der Waals surface area contributed by atoms with Crippen molar-refractivity contribution in [1.29, 1.82) is 0 Å². The van der Waals surface area contributed by atoms with E-state index in [0.717, 1.165) is 31.9 Å². The first-order valence-corrected chi connectivity index (χ1v) is 6.40. The Morgan fingerprint density at radius 1 is 1.00 bits per heavy atom. The Balaban J connectivity index is 2.78.